The maximum Gasteiger partial charge on any atom is 0.163 e. The molecule has 114 valence electrons. The second-order valence-electron chi connectivity index (χ2n) is 5.79. The predicted octanol–water partition coefficient (Wildman–Crippen LogP) is 3.44. The van der Waals surface area contributed by atoms with Crippen LogP contribution in [0.2, 0.25) is 0 Å². The van der Waals surface area contributed by atoms with Crippen molar-refractivity contribution in [1.29, 1.82) is 0 Å². The van der Waals surface area contributed by atoms with E-state index in [-0.39, 0.29) is 0 Å². The van der Waals surface area contributed by atoms with Gasteiger partial charge in [0.05, 0.1) is 23.0 Å². The highest BCUT2D eigenvalue weighted by molar-refractivity contribution is 5.81. The van der Waals surface area contributed by atoms with E-state index in [9.17, 15) is 0 Å². The molecule has 2 aromatic heterocycles. The van der Waals surface area contributed by atoms with Gasteiger partial charge in [0.1, 0.15) is 6.33 Å². The Morgan fingerprint density at radius 3 is 2.52 bits per heavy atom. The summed E-state index contributed by atoms with van der Waals surface area (Å²) in [5.41, 5.74) is 6.54. The van der Waals surface area contributed by atoms with E-state index >= 15 is 0 Å². The van der Waals surface area contributed by atoms with Crippen LogP contribution in [0.4, 0.5) is 0 Å². The zero-order valence-corrected chi connectivity index (χ0v) is 13.4. The molecular weight excluding hydrogens is 286 g/mol. The third-order valence-electron chi connectivity index (χ3n) is 4.18. The molecule has 0 saturated carbocycles. The Kier molecular flexibility index (Phi) is 3.01. The van der Waals surface area contributed by atoms with Gasteiger partial charge in [-0.1, -0.05) is 18.2 Å². The van der Waals surface area contributed by atoms with Crippen LogP contribution in [0.25, 0.3) is 28.1 Å². The molecule has 2 heterocycles. The summed E-state index contributed by atoms with van der Waals surface area (Å²) < 4.78 is 3.93. The average Bonchev–Trinajstić information content (AvgIpc) is 3.15. The summed E-state index contributed by atoms with van der Waals surface area (Å²) in [6.07, 6.45) is 3.43. The number of rotatable bonds is 2. The molecule has 0 unspecified atom stereocenters. The topological polar surface area (TPSA) is 48.5 Å². The fourth-order valence-electron chi connectivity index (χ4n) is 3.01. The van der Waals surface area contributed by atoms with Crippen LogP contribution in [0.1, 0.15) is 11.1 Å². The zero-order chi connectivity index (χ0) is 16.0. The Morgan fingerprint density at radius 1 is 0.957 bits per heavy atom. The van der Waals surface area contributed by atoms with E-state index in [1.54, 1.807) is 6.33 Å². The number of aromatic nitrogens is 5. The van der Waals surface area contributed by atoms with Gasteiger partial charge in [0.15, 0.2) is 5.82 Å². The molecule has 5 heteroatoms. The van der Waals surface area contributed by atoms with Gasteiger partial charge in [-0.15, -0.1) is 0 Å². The first-order valence-electron chi connectivity index (χ1n) is 7.53. The van der Waals surface area contributed by atoms with Crippen molar-refractivity contribution in [3.05, 3.63) is 60.2 Å². The maximum absolute atomic E-state index is 4.49. The molecule has 0 amide bonds. The third kappa shape index (κ3) is 2.12. The first kappa shape index (κ1) is 13.7. The summed E-state index contributed by atoms with van der Waals surface area (Å²) in [6, 6.07) is 12.4. The van der Waals surface area contributed by atoms with E-state index in [0.29, 0.717) is 0 Å². The van der Waals surface area contributed by atoms with Crippen molar-refractivity contribution in [2.24, 2.45) is 7.05 Å². The van der Waals surface area contributed by atoms with Crippen LogP contribution in [-0.2, 0) is 7.05 Å². The van der Waals surface area contributed by atoms with E-state index < -0.39 is 0 Å². The highest BCUT2D eigenvalue weighted by atomic mass is 15.3. The van der Waals surface area contributed by atoms with E-state index in [0.717, 1.165) is 28.1 Å². The van der Waals surface area contributed by atoms with Gasteiger partial charge in [0, 0.05) is 12.6 Å². The third-order valence-corrected chi connectivity index (χ3v) is 4.18. The predicted molar refractivity (Wildman–Crippen MR) is 90.5 cm³/mol. The largest absolute Gasteiger partial charge is 0.334 e. The highest BCUT2D eigenvalue weighted by Crippen LogP contribution is 2.26. The van der Waals surface area contributed by atoms with Gasteiger partial charge in [0.25, 0.3) is 0 Å². The second kappa shape index (κ2) is 5.05. The van der Waals surface area contributed by atoms with Crippen LogP contribution in [0.15, 0.2) is 49.1 Å². The van der Waals surface area contributed by atoms with Crippen molar-refractivity contribution >= 4 is 11.0 Å². The fourth-order valence-corrected chi connectivity index (χ4v) is 3.01. The Hall–Kier alpha value is -2.95. The molecule has 0 bridgehead atoms. The first-order chi connectivity index (χ1) is 11.1. The van der Waals surface area contributed by atoms with E-state index in [1.165, 1.54) is 11.1 Å². The molecular formula is C18H17N5. The minimum atomic E-state index is 0.838. The first-order valence-corrected chi connectivity index (χ1v) is 7.53. The molecule has 23 heavy (non-hydrogen) atoms. The smallest absolute Gasteiger partial charge is 0.163 e. The van der Waals surface area contributed by atoms with Gasteiger partial charge < -0.3 is 4.57 Å². The molecule has 0 aliphatic heterocycles. The summed E-state index contributed by atoms with van der Waals surface area (Å²) in [5.74, 6) is 0.838. The lowest BCUT2D eigenvalue weighted by molar-refractivity contribution is 0.871. The molecule has 0 aliphatic carbocycles. The van der Waals surface area contributed by atoms with Crippen molar-refractivity contribution in [2.75, 3.05) is 0 Å². The van der Waals surface area contributed by atoms with Gasteiger partial charge in [-0.2, -0.15) is 5.10 Å². The van der Waals surface area contributed by atoms with Crippen LogP contribution >= 0.6 is 0 Å². The van der Waals surface area contributed by atoms with Crippen LogP contribution < -0.4 is 0 Å². The molecule has 4 aromatic rings. The number of aryl methyl sites for hydroxylation is 3. The molecule has 4 rings (SSSR count). The van der Waals surface area contributed by atoms with Crippen molar-refractivity contribution in [3.63, 3.8) is 0 Å². The molecule has 0 radical (unpaired) electrons. The second-order valence-corrected chi connectivity index (χ2v) is 5.79. The maximum atomic E-state index is 4.49. The lowest BCUT2D eigenvalue weighted by atomic mass is 10.1. The van der Waals surface area contributed by atoms with Crippen LogP contribution in [-0.4, -0.2) is 24.3 Å². The number of fused-ring (bicyclic) bond motifs is 1. The van der Waals surface area contributed by atoms with E-state index in [1.807, 2.05) is 34.8 Å². The normalized spacial score (nSPS) is 11.3. The van der Waals surface area contributed by atoms with Crippen LogP contribution in [0, 0.1) is 13.8 Å². The summed E-state index contributed by atoms with van der Waals surface area (Å²) in [4.78, 5) is 8.86. The SMILES string of the molecule is Cc1cccc(C)c1-n1ncnc1-c1ccc2ncn(C)c2c1. The van der Waals surface area contributed by atoms with Gasteiger partial charge in [0.2, 0.25) is 0 Å². The number of imidazole rings is 1. The van der Waals surface area contributed by atoms with Crippen LogP contribution in [0.5, 0.6) is 0 Å². The number of hydrogen-bond acceptors (Lipinski definition) is 3. The number of hydrogen-bond donors (Lipinski definition) is 0. The zero-order valence-electron chi connectivity index (χ0n) is 13.4. The van der Waals surface area contributed by atoms with Crippen molar-refractivity contribution in [1.82, 2.24) is 24.3 Å². The van der Waals surface area contributed by atoms with Gasteiger partial charge in [-0.05, 0) is 43.2 Å². The molecule has 0 N–H and O–H groups in total. The summed E-state index contributed by atoms with van der Waals surface area (Å²) in [7, 11) is 2.00. The van der Waals surface area contributed by atoms with E-state index in [4.69, 9.17) is 0 Å². The molecule has 0 atom stereocenters. The Morgan fingerprint density at radius 2 is 1.74 bits per heavy atom. The molecule has 0 fully saturated rings. The van der Waals surface area contributed by atoms with E-state index in [2.05, 4.69) is 53.2 Å². The Bertz CT molecular complexity index is 989. The monoisotopic (exact) mass is 303 g/mol. The van der Waals surface area contributed by atoms with Gasteiger partial charge in [-0.25, -0.2) is 14.6 Å². The van der Waals surface area contributed by atoms with Crippen molar-refractivity contribution < 1.29 is 0 Å². The minimum absolute atomic E-state index is 0.838. The fraction of sp³-hybridized carbons (Fsp3) is 0.167. The number of benzene rings is 2. The average molecular weight is 303 g/mol. The minimum Gasteiger partial charge on any atom is -0.334 e. The lowest BCUT2D eigenvalue weighted by Crippen LogP contribution is -2.04. The molecule has 5 nitrogen and oxygen atoms in total. The standard InChI is InChI=1S/C18H17N5/c1-12-5-4-6-13(2)17(12)23-18(19-10-21-23)14-7-8-15-16(9-14)22(3)11-20-15/h4-11H,1-3H3. The van der Waals surface area contributed by atoms with Gasteiger partial charge >= 0.3 is 0 Å². The summed E-state index contributed by atoms with van der Waals surface area (Å²) >= 11 is 0. The molecule has 0 saturated heterocycles. The number of para-hydroxylation sites is 1. The number of nitrogens with zero attached hydrogens (tertiary/aromatic N) is 5. The highest BCUT2D eigenvalue weighted by Gasteiger charge is 2.14. The quantitative estimate of drug-likeness (QED) is 0.570. The summed E-state index contributed by atoms with van der Waals surface area (Å²) in [6.45, 7) is 4.19. The Balaban J connectivity index is 1.93. The molecule has 2 aromatic carbocycles. The van der Waals surface area contributed by atoms with Crippen molar-refractivity contribution in [3.8, 4) is 17.1 Å². The lowest BCUT2D eigenvalue weighted by Gasteiger charge is -2.12. The van der Waals surface area contributed by atoms with Crippen LogP contribution in [0.3, 0.4) is 0 Å². The summed E-state index contributed by atoms with van der Waals surface area (Å²) in [5, 5.41) is 4.46. The molecule has 0 aliphatic rings. The Labute approximate surface area is 134 Å². The van der Waals surface area contributed by atoms with Crippen molar-refractivity contribution in [2.45, 2.75) is 13.8 Å². The molecule has 0 spiro atoms. The van der Waals surface area contributed by atoms with Gasteiger partial charge in [-0.3, -0.25) is 0 Å².